The fraction of sp³-hybridized carbons (Fsp3) is 0.818. The molecule has 0 aliphatic heterocycles. The van der Waals surface area contributed by atoms with Gasteiger partial charge in [0.25, 0.3) is 0 Å². The van der Waals surface area contributed by atoms with Crippen LogP contribution in [0.3, 0.4) is 0 Å². The molecule has 1 rings (SSSR count). The summed E-state index contributed by atoms with van der Waals surface area (Å²) in [6.07, 6.45) is 2.74. The van der Waals surface area contributed by atoms with Crippen LogP contribution in [0.2, 0.25) is 0 Å². The highest BCUT2D eigenvalue weighted by molar-refractivity contribution is 7.99. The van der Waals surface area contributed by atoms with Crippen LogP contribution in [0, 0.1) is 0 Å². The molecule has 1 fully saturated rings. The lowest BCUT2D eigenvalue weighted by molar-refractivity contribution is -0.144. The number of hydrogen-bond donors (Lipinski definition) is 2. The fourth-order valence-corrected chi connectivity index (χ4v) is 2.07. The Balaban J connectivity index is 1.98. The Morgan fingerprint density at radius 1 is 1.53 bits per heavy atom. The average Bonchev–Trinajstić information content (AvgIpc) is 3.08. The summed E-state index contributed by atoms with van der Waals surface area (Å²) in [6.45, 7) is 2.10. The van der Waals surface area contributed by atoms with Crippen molar-refractivity contribution in [2.75, 3.05) is 18.1 Å². The van der Waals surface area contributed by atoms with E-state index in [4.69, 9.17) is 10.5 Å². The highest BCUT2D eigenvalue weighted by atomic mass is 32.2. The Hall–Kier alpha value is -0.750. The lowest BCUT2D eigenvalue weighted by Gasteiger charge is -2.09. The van der Waals surface area contributed by atoms with E-state index in [1.54, 1.807) is 6.92 Å². The molecule has 0 aromatic rings. The maximum absolute atomic E-state index is 11.3. The van der Waals surface area contributed by atoms with Crippen LogP contribution in [0.5, 0.6) is 0 Å². The predicted molar refractivity (Wildman–Crippen MR) is 67.7 cm³/mol. The van der Waals surface area contributed by atoms with E-state index in [0.717, 1.165) is 12.8 Å². The molecule has 0 aromatic carbocycles. The molecule has 1 aliphatic rings. The molecular weight excluding hydrogens is 240 g/mol. The van der Waals surface area contributed by atoms with Crippen molar-refractivity contribution in [3.8, 4) is 0 Å². The minimum absolute atomic E-state index is 0.0715. The standard InChI is InChI=1S/C11H20N2O3S/c1-2-16-11(15)9(12)5-6-17-7-10(14)13-8-3-4-8/h8-9H,2-7,12H2,1H3,(H,13,14). The molecule has 1 saturated carbocycles. The number of esters is 1. The van der Waals surface area contributed by atoms with Gasteiger partial charge in [0.1, 0.15) is 6.04 Å². The van der Waals surface area contributed by atoms with Gasteiger partial charge in [-0.25, -0.2) is 0 Å². The third-order valence-electron chi connectivity index (χ3n) is 2.34. The molecule has 1 aliphatic carbocycles. The molecule has 17 heavy (non-hydrogen) atoms. The second-order valence-electron chi connectivity index (χ2n) is 4.04. The van der Waals surface area contributed by atoms with Gasteiger partial charge in [0.15, 0.2) is 0 Å². The SMILES string of the molecule is CCOC(=O)C(N)CCSCC(=O)NC1CC1. The van der Waals surface area contributed by atoms with Gasteiger partial charge >= 0.3 is 5.97 Å². The number of nitrogens with two attached hydrogens (primary N) is 1. The fourth-order valence-electron chi connectivity index (χ4n) is 1.24. The zero-order chi connectivity index (χ0) is 12.7. The van der Waals surface area contributed by atoms with Gasteiger partial charge in [-0.05, 0) is 31.9 Å². The van der Waals surface area contributed by atoms with Gasteiger partial charge in [-0.1, -0.05) is 0 Å². The summed E-state index contributed by atoms with van der Waals surface area (Å²) in [7, 11) is 0. The average molecular weight is 260 g/mol. The molecule has 5 nitrogen and oxygen atoms in total. The van der Waals surface area contributed by atoms with Gasteiger partial charge in [-0.3, -0.25) is 9.59 Å². The van der Waals surface area contributed by atoms with Gasteiger partial charge < -0.3 is 15.8 Å². The number of nitrogens with one attached hydrogen (secondary N) is 1. The van der Waals surface area contributed by atoms with Crippen LogP contribution in [-0.2, 0) is 14.3 Å². The van der Waals surface area contributed by atoms with E-state index in [9.17, 15) is 9.59 Å². The number of thioether (sulfide) groups is 1. The summed E-state index contributed by atoms with van der Waals surface area (Å²) in [5, 5.41) is 2.90. The lowest BCUT2D eigenvalue weighted by Crippen LogP contribution is -2.33. The first-order valence-electron chi connectivity index (χ1n) is 5.92. The second kappa shape index (κ2) is 7.55. The Morgan fingerprint density at radius 3 is 2.82 bits per heavy atom. The molecule has 98 valence electrons. The van der Waals surface area contributed by atoms with Crippen molar-refractivity contribution in [1.82, 2.24) is 5.32 Å². The summed E-state index contributed by atoms with van der Waals surface area (Å²) in [6, 6.07) is -0.168. The van der Waals surface area contributed by atoms with Crippen LogP contribution in [0.4, 0.5) is 0 Å². The quantitative estimate of drug-likeness (QED) is 0.484. The monoisotopic (exact) mass is 260 g/mol. The Labute approximate surface area is 106 Å². The smallest absolute Gasteiger partial charge is 0.322 e. The first kappa shape index (κ1) is 14.3. The zero-order valence-electron chi connectivity index (χ0n) is 10.1. The molecule has 3 N–H and O–H groups in total. The van der Waals surface area contributed by atoms with Crippen molar-refractivity contribution in [2.24, 2.45) is 5.73 Å². The van der Waals surface area contributed by atoms with Crippen LogP contribution in [0.25, 0.3) is 0 Å². The summed E-state index contributed by atoms with van der Waals surface area (Å²) < 4.78 is 4.79. The molecule has 0 heterocycles. The molecule has 6 heteroatoms. The Morgan fingerprint density at radius 2 is 2.24 bits per heavy atom. The summed E-state index contributed by atoms with van der Waals surface area (Å²) in [4.78, 5) is 22.5. The predicted octanol–water partition coefficient (Wildman–Crippen LogP) is 0.279. The van der Waals surface area contributed by atoms with Crippen molar-refractivity contribution in [1.29, 1.82) is 0 Å². The van der Waals surface area contributed by atoms with E-state index < -0.39 is 6.04 Å². The highest BCUT2D eigenvalue weighted by Gasteiger charge is 2.23. The van der Waals surface area contributed by atoms with Gasteiger partial charge in [0.05, 0.1) is 12.4 Å². The molecule has 0 saturated heterocycles. The van der Waals surface area contributed by atoms with E-state index in [1.807, 2.05) is 0 Å². The van der Waals surface area contributed by atoms with Crippen molar-refractivity contribution in [3.05, 3.63) is 0 Å². The van der Waals surface area contributed by atoms with Crippen molar-refractivity contribution >= 4 is 23.6 Å². The molecule has 1 atom stereocenters. The van der Waals surface area contributed by atoms with Crippen LogP contribution in [0.1, 0.15) is 26.2 Å². The topological polar surface area (TPSA) is 81.4 Å². The minimum atomic E-state index is -0.575. The maximum atomic E-state index is 11.3. The van der Waals surface area contributed by atoms with Crippen LogP contribution in [0.15, 0.2) is 0 Å². The Bertz CT molecular complexity index is 269. The number of rotatable bonds is 8. The van der Waals surface area contributed by atoms with E-state index in [0.29, 0.717) is 30.6 Å². The van der Waals surface area contributed by atoms with Crippen molar-refractivity contribution in [2.45, 2.75) is 38.3 Å². The van der Waals surface area contributed by atoms with Gasteiger partial charge in [0, 0.05) is 6.04 Å². The third-order valence-corrected chi connectivity index (χ3v) is 3.33. The normalized spacial score (nSPS) is 16.4. The van der Waals surface area contributed by atoms with Crippen LogP contribution < -0.4 is 11.1 Å². The number of carbonyl (C=O) groups excluding carboxylic acids is 2. The lowest BCUT2D eigenvalue weighted by atomic mass is 10.2. The molecule has 0 aromatic heterocycles. The van der Waals surface area contributed by atoms with E-state index >= 15 is 0 Å². The van der Waals surface area contributed by atoms with Crippen LogP contribution >= 0.6 is 11.8 Å². The van der Waals surface area contributed by atoms with Gasteiger partial charge in [-0.2, -0.15) is 11.8 Å². The first-order chi connectivity index (χ1) is 8.13. The zero-order valence-corrected chi connectivity index (χ0v) is 10.9. The largest absolute Gasteiger partial charge is 0.465 e. The van der Waals surface area contributed by atoms with E-state index in [-0.39, 0.29) is 11.9 Å². The van der Waals surface area contributed by atoms with Crippen LogP contribution in [-0.4, -0.2) is 42.1 Å². The number of ether oxygens (including phenoxy) is 1. The van der Waals surface area contributed by atoms with Gasteiger partial charge in [0.2, 0.25) is 5.91 Å². The first-order valence-corrected chi connectivity index (χ1v) is 7.08. The maximum Gasteiger partial charge on any atom is 0.322 e. The number of hydrogen-bond acceptors (Lipinski definition) is 5. The molecule has 0 bridgehead atoms. The van der Waals surface area contributed by atoms with Crippen molar-refractivity contribution in [3.63, 3.8) is 0 Å². The van der Waals surface area contributed by atoms with E-state index in [2.05, 4.69) is 5.32 Å². The third kappa shape index (κ3) is 6.53. The second-order valence-corrected chi connectivity index (χ2v) is 5.15. The Kier molecular flexibility index (Phi) is 6.36. The molecule has 0 spiro atoms. The summed E-state index contributed by atoms with van der Waals surface area (Å²) in [5.41, 5.74) is 5.62. The number of carbonyl (C=O) groups is 2. The summed E-state index contributed by atoms with van der Waals surface area (Å²) in [5.74, 6) is 0.835. The highest BCUT2D eigenvalue weighted by Crippen LogP contribution is 2.18. The number of amides is 1. The van der Waals surface area contributed by atoms with E-state index in [1.165, 1.54) is 11.8 Å². The van der Waals surface area contributed by atoms with Gasteiger partial charge in [-0.15, -0.1) is 0 Å². The molecule has 1 amide bonds. The van der Waals surface area contributed by atoms with Crippen molar-refractivity contribution < 1.29 is 14.3 Å². The molecular formula is C11H20N2O3S. The molecule has 0 radical (unpaired) electrons. The minimum Gasteiger partial charge on any atom is -0.465 e. The molecule has 1 unspecified atom stereocenters. The summed E-state index contributed by atoms with van der Waals surface area (Å²) >= 11 is 1.50.